The van der Waals surface area contributed by atoms with Crippen molar-refractivity contribution in [3.63, 3.8) is 0 Å². The van der Waals surface area contributed by atoms with Crippen LogP contribution in [0.4, 0.5) is 0 Å². The highest BCUT2D eigenvalue weighted by Gasteiger charge is 2.34. The first kappa shape index (κ1) is 54.6. The van der Waals surface area contributed by atoms with Gasteiger partial charge in [0.25, 0.3) is 0 Å². The summed E-state index contributed by atoms with van der Waals surface area (Å²) in [5, 5.41) is 26.5. The topological polar surface area (TPSA) is 278 Å². The van der Waals surface area contributed by atoms with E-state index in [4.69, 9.17) is 11.5 Å². The number of carbonyl (C=O) groups excluding carboxylic acids is 6. The fraction of sp³-hybridized carbons (Fsp3) is 0.791. The molecule has 0 aliphatic rings. The summed E-state index contributed by atoms with van der Waals surface area (Å²) in [5.74, 6) is -8.03. The van der Waals surface area contributed by atoms with E-state index in [-0.39, 0.29) is 75.7 Å². The van der Waals surface area contributed by atoms with Gasteiger partial charge in [-0.1, -0.05) is 104 Å². The molecule has 59 heavy (non-hydrogen) atoms. The number of carboxylic acid groups (broad SMARTS) is 2. The summed E-state index contributed by atoms with van der Waals surface area (Å²) < 4.78 is 0. The van der Waals surface area contributed by atoms with Gasteiger partial charge in [0.05, 0.1) is 18.6 Å². The number of hydrogen-bond donors (Lipinski definition) is 7. The molecule has 0 aromatic carbocycles. The number of aliphatic imine (C=N–C) groups is 1. The van der Waals surface area contributed by atoms with Crippen LogP contribution >= 0.6 is 0 Å². The fourth-order valence-electron chi connectivity index (χ4n) is 6.80. The van der Waals surface area contributed by atoms with Gasteiger partial charge in [0, 0.05) is 50.5 Å². The van der Waals surface area contributed by atoms with Crippen molar-refractivity contribution in [2.24, 2.45) is 34.2 Å². The van der Waals surface area contributed by atoms with Crippen molar-refractivity contribution < 1.29 is 48.6 Å². The smallest absolute Gasteiger partial charge is 0.303 e. The normalized spacial score (nSPS) is 13.6. The molecule has 338 valence electrons. The average molecular weight is 837 g/mol. The van der Waals surface area contributed by atoms with Crippen molar-refractivity contribution in [1.82, 2.24) is 16.0 Å². The van der Waals surface area contributed by atoms with E-state index < -0.39 is 78.0 Å². The minimum Gasteiger partial charge on any atom is -0.481 e. The SMILES string of the molecule is CCCCCCCCCCCCCCCC(=O)N[C@@H](CCC(=O)O)C(=O)C[C@@H](CCCN=C(N)N)C(=O)N[C@H](C(=O)C[C@@H](CCC(=O)O)C(=O)NCC(C)=O)[C@@H](C)CC. The Balaban J connectivity index is 5.74. The fourth-order valence-corrected chi connectivity index (χ4v) is 6.80. The van der Waals surface area contributed by atoms with Gasteiger partial charge in [-0.25, -0.2) is 0 Å². The van der Waals surface area contributed by atoms with Crippen molar-refractivity contribution in [2.45, 2.75) is 187 Å². The third kappa shape index (κ3) is 28.7. The molecule has 9 N–H and O–H groups in total. The molecule has 0 saturated heterocycles. The number of nitrogens with two attached hydrogens (primary N) is 2. The predicted molar refractivity (Wildman–Crippen MR) is 227 cm³/mol. The molecule has 0 radical (unpaired) electrons. The molecule has 0 saturated carbocycles. The number of carbonyl (C=O) groups is 8. The van der Waals surface area contributed by atoms with E-state index in [1.165, 1.54) is 58.3 Å². The molecule has 0 aliphatic carbocycles. The van der Waals surface area contributed by atoms with E-state index in [0.717, 1.165) is 25.7 Å². The van der Waals surface area contributed by atoms with Gasteiger partial charge in [0.15, 0.2) is 17.5 Å². The summed E-state index contributed by atoms with van der Waals surface area (Å²) in [6.45, 7) is 6.89. The Morgan fingerprint density at radius 3 is 1.63 bits per heavy atom. The van der Waals surface area contributed by atoms with Crippen LogP contribution in [0.3, 0.4) is 0 Å². The highest BCUT2D eigenvalue weighted by atomic mass is 16.4. The molecule has 0 aromatic rings. The lowest BCUT2D eigenvalue weighted by molar-refractivity contribution is -0.139. The van der Waals surface area contributed by atoms with E-state index in [1.807, 2.05) is 6.92 Å². The third-order valence-corrected chi connectivity index (χ3v) is 10.6. The molecule has 5 atom stereocenters. The molecule has 0 heterocycles. The molecule has 0 rings (SSSR count). The zero-order valence-electron chi connectivity index (χ0n) is 36.3. The lowest BCUT2D eigenvalue weighted by Gasteiger charge is -2.28. The molecule has 16 heteroatoms. The van der Waals surface area contributed by atoms with Gasteiger partial charge >= 0.3 is 11.9 Å². The largest absolute Gasteiger partial charge is 0.481 e. The van der Waals surface area contributed by atoms with Crippen molar-refractivity contribution in [3.05, 3.63) is 0 Å². The number of carboxylic acids is 2. The highest BCUT2D eigenvalue weighted by molar-refractivity contribution is 5.96. The van der Waals surface area contributed by atoms with Crippen LogP contribution in [0.25, 0.3) is 0 Å². The second-order valence-electron chi connectivity index (χ2n) is 16.0. The van der Waals surface area contributed by atoms with Gasteiger partial charge in [-0.2, -0.15) is 0 Å². The first-order valence-corrected chi connectivity index (χ1v) is 21.9. The lowest BCUT2D eigenvalue weighted by atomic mass is 9.86. The number of ketones is 3. The van der Waals surface area contributed by atoms with E-state index in [0.29, 0.717) is 12.8 Å². The molecule has 0 fully saturated rings. The van der Waals surface area contributed by atoms with Crippen molar-refractivity contribution >= 4 is 53.0 Å². The monoisotopic (exact) mass is 837 g/mol. The zero-order valence-corrected chi connectivity index (χ0v) is 36.3. The number of amides is 3. The van der Waals surface area contributed by atoms with E-state index in [2.05, 4.69) is 27.9 Å². The molecule has 0 bridgehead atoms. The Morgan fingerprint density at radius 2 is 1.12 bits per heavy atom. The number of nitrogens with zero attached hydrogens (tertiary/aromatic N) is 1. The van der Waals surface area contributed by atoms with Gasteiger partial charge < -0.3 is 37.6 Å². The number of rotatable bonds is 38. The molecule has 3 amide bonds. The van der Waals surface area contributed by atoms with Gasteiger partial charge in [0.2, 0.25) is 17.7 Å². The number of nitrogens with one attached hydrogen (secondary N) is 3. The van der Waals surface area contributed by atoms with Gasteiger partial charge in [0.1, 0.15) is 5.78 Å². The maximum absolute atomic E-state index is 13.9. The predicted octanol–water partition coefficient (Wildman–Crippen LogP) is 5.12. The second kappa shape index (κ2) is 33.5. The van der Waals surface area contributed by atoms with Crippen LogP contribution in [-0.2, 0) is 38.4 Å². The average Bonchev–Trinajstić information content (AvgIpc) is 3.18. The number of aliphatic carboxylic acids is 2. The second-order valence-corrected chi connectivity index (χ2v) is 16.0. The quantitative estimate of drug-likeness (QED) is 0.0242. The number of unbranched alkanes of at least 4 members (excludes halogenated alkanes) is 12. The van der Waals surface area contributed by atoms with Crippen LogP contribution in [0.5, 0.6) is 0 Å². The third-order valence-electron chi connectivity index (χ3n) is 10.6. The van der Waals surface area contributed by atoms with Crippen LogP contribution in [0.1, 0.15) is 175 Å². The van der Waals surface area contributed by atoms with Crippen LogP contribution in [0.2, 0.25) is 0 Å². The minimum absolute atomic E-state index is 0.114. The lowest BCUT2D eigenvalue weighted by Crippen LogP contribution is -2.49. The first-order chi connectivity index (χ1) is 28.0. The maximum Gasteiger partial charge on any atom is 0.303 e. The van der Waals surface area contributed by atoms with Crippen LogP contribution in [-0.4, -0.2) is 88.4 Å². The number of Topliss-reactive ketones (excluding diaryl/α,β-unsaturated/α-hetero) is 3. The van der Waals surface area contributed by atoms with Gasteiger partial charge in [-0.3, -0.25) is 43.3 Å². The molecule has 0 aromatic heterocycles. The van der Waals surface area contributed by atoms with Crippen molar-refractivity contribution in [2.75, 3.05) is 13.1 Å². The van der Waals surface area contributed by atoms with Gasteiger partial charge in [-0.15, -0.1) is 0 Å². The molecular weight excluding hydrogens is 761 g/mol. The highest BCUT2D eigenvalue weighted by Crippen LogP contribution is 2.21. The van der Waals surface area contributed by atoms with E-state index in [9.17, 15) is 48.6 Å². The van der Waals surface area contributed by atoms with Crippen LogP contribution in [0.15, 0.2) is 4.99 Å². The minimum atomic E-state index is -1.17. The first-order valence-electron chi connectivity index (χ1n) is 21.9. The number of guanidine groups is 1. The summed E-state index contributed by atoms with van der Waals surface area (Å²) >= 11 is 0. The maximum atomic E-state index is 13.9. The molecule has 0 unspecified atom stereocenters. The standard InChI is InChI=1S/C43H76N6O10/c1-5-7-8-9-10-11-12-13-14-15-16-17-18-21-37(53)48-34(23-25-39(56)57)35(51)27-32(20-19-26-46-43(44)45)42(59)49-40(30(3)6-2)36(52)28-33(22-24-38(54)55)41(58)47-29-31(4)50/h30,32-34,40H,5-29H2,1-4H3,(H,47,58)(H,48,53)(H,49,59)(H,54,55)(H,56,57)(H4,44,45,46)/t30-,32+,33+,34-,40-/m0/s1. The summed E-state index contributed by atoms with van der Waals surface area (Å²) in [4.78, 5) is 106. The molecule has 16 nitrogen and oxygen atoms in total. The Morgan fingerprint density at radius 1 is 0.610 bits per heavy atom. The Labute approximate surface area is 351 Å². The summed E-state index contributed by atoms with van der Waals surface area (Å²) in [7, 11) is 0. The molecular formula is C43H76N6O10. The van der Waals surface area contributed by atoms with Crippen molar-refractivity contribution in [3.8, 4) is 0 Å². The van der Waals surface area contributed by atoms with Gasteiger partial charge in [-0.05, 0) is 44.9 Å². The summed E-state index contributed by atoms with van der Waals surface area (Å²) in [5.41, 5.74) is 10.9. The summed E-state index contributed by atoms with van der Waals surface area (Å²) in [6.07, 6.45) is 14.1. The Kier molecular flexibility index (Phi) is 31.0. The van der Waals surface area contributed by atoms with Crippen molar-refractivity contribution in [1.29, 1.82) is 0 Å². The van der Waals surface area contributed by atoms with E-state index in [1.54, 1.807) is 6.92 Å². The van der Waals surface area contributed by atoms with E-state index >= 15 is 0 Å². The van der Waals surface area contributed by atoms with Crippen LogP contribution in [0, 0.1) is 17.8 Å². The Hall–Kier alpha value is -4.37. The van der Waals surface area contributed by atoms with Crippen LogP contribution < -0.4 is 27.4 Å². The molecule has 0 spiro atoms. The Bertz CT molecular complexity index is 1340. The number of hydrogen-bond acceptors (Lipinski definition) is 9. The molecule has 0 aliphatic heterocycles. The summed E-state index contributed by atoms with van der Waals surface area (Å²) in [6, 6.07) is -2.25. The zero-order chi connectivity index (χ0) is 44.6.